The van der Waals surface area contributed by atoms with E-state index in [4.69, 9.17) is 4.98 Å². The van der Waals surface area contributed by atoms with E-state index < -0.39 is 0 Å². The van der Waals surface area contributed by atoms with Crippen molar-refractivity contribution in [1.29, 1.82) is 5.26 Å². The zero-order chi connectivity index (χ0) is 23.5. The van der Waals surface area contributed by atoms with Crippen molar-refractivity contribution >= 4 is 33.3 Å². The van der Waals surface area contributed by atoms with E-state index in [2.05, 4.69) is 62.3 Å². The summed E-state index contributed by atoms with van der Waals surface area (Å²) in [5, 5.41) is 14.6. The van der Waals surface area contributed by atoms with E-state index in [0.717, 1.165) is 61.2 Å². The number of thiazole rings is 1. The molecule has 8 heteroatoms. The third-order valence-corrected chi connectivity index (χ3v) is 7.30. The molecular formula is C26H27N7S. The molecule has 1 aliphatic heterocycles. The lowest BCUT2D eigenvalue weighted by Crippen LogP contribution is -2.47. The summed E-state index contributed by atoms with van der Waals surface area (Å²) in [5.41, 5.74) is 4.87. The monoisotopic (exact) mass is 469 g/mol. The van der Waals surface area contributed by atoms with Gasteiger partial charge in [-0.3, -0.25) is 4.90 Å². The maximum Gasteiger partial charge on any atom is 0.183 e. The summed E-state index contributed by atoms with van der Waals surface area (Å²) in [6, 6.07) is 16.8. The van der Waals surface area contributed by atoms with Crippen LogP contribution in [0.3, 0.4) is 0 Å². The molecule has 0 spiro atoms. The Bertz CT molecular complexity index is 1330. The Labute approximate surface area is 203 Å². The first-order valence-corrected chi connectivity index (χ1v) is 12.3. The van der Waals surface area contributed by atoms with Crippen LogP contribution in [0.15, 0.2) is 48.7 Å². The second-order valence-electron chi connectivity index (χ2n) is 8.47. The number of nitrogens with zero attached hydrogens (tertiary/aromatic N) is 6. The van der Waals surface area contributed by atoms with Gasteiger partial charge in [0.1, 0.15) is 11.9 Å². The van der Waals surface area contributed by atoms with Crippen molar-refractivity contribution in [3.63, 3.8) is 0 Å². The summed E-state index contributed by atoms with van der Waals surface area (Å²) < 4.78 is 0. The van der Waals surface area contributed by atoms with Crippen molar-refractivity contribution in [2.24, 2.45) is 0 Å². The van der Waals surface area contributed by atoms with Gasteiger partial charge >= 0.3 is 0 Å². The number of fused-ring (bicyclic) bond motifs is 1. The van der Waals surface area contributed by atoms with Crippen LogP contribution in [0, 0.1) is 18.3 Å². The SMILES string of the molecule is CNc1nc(-c2ccc(CCN3CCN(c4nc5ncccc5cc4C#N)CC3)cc2)c(C)s1. The van der Waals surface area contributed by atoms with Crippen molar-refractivity contribution in [3.8, 4) is 17.3 Å². The molecule has 4 aromatic rings. The Hall–Kier alpha value is -3.54. The van der Waals surface area contributed by atoms with Gasteiger partial charge in [-0.25, -0.2) is 15.0 Å². The van der Waals surface area contributed by atoms with Crippen LogP contribution in [-0.2, 0) is 6.42 Å². The van der Waals surface area contributed by atoms with Gasteiger partial charge in [0, 0.05) is 61.8 Å². The summed E-state index contributed by atoms with van der Waals surface area (Å²) in [7, 11) is 1.91. The van der Waals surface area contributed by atoms with Gasteiger partial charge in [0.15, 0.2) is 10.8 Å². The lowest BCUT2D eigenvalue weighted by atomic mass is 10.1. The van der Waals surface area contributed by atoms with E-state index in [-0.39, 0.29) is 0 Å². The smallest absolute Gasteiger partial charge is 0.183 e. The molecule has 1 N–H and O–H groups in total. The highest BCUT2D eigenvalue weighted by molar-refractivity contribution is 7.15. The summed E-state index contributed by atoms with van der Waals surface area (Å²) in [4.78, 5) is 19.7. The van der Waals surface area contributed by atoms with Crippen LogP contribution in [0.5, 0.6) is 0 Å². The highest BCUT2D eigenvalue weighted by Gasteiger charge is 2.21. The van der Waals surface area contributed by atoms with Crippen LogP contribution < -0.4 is 10.2 Å². The van der Waals surface area contributed by atoms with Gasteiger partial charge in [0.2, 0.25) is 0 Å². The summed E-state index contributed by atoms with van der Waals surface area (Å²) in [6.07, 6.45) is 2.76. The molecule has 172 valence electrons. The van der Waals surface area contributed by atoms with Gasteiger partial charge in [-0.1, -0.05) is 24.3 Å². The number of aromatic nitrogens is 3. The first-order valence-electron chi connectivity index (χ1n) is 11.5. The third kappa shape index (κ3) is 4.58. The van der Waals surface area contributed by atoms with Crippen LogP contribution in [-0.4, -0.2) is 59.6 Å². The molecule has 1 saturated heterocycles. The second kappa shape index (κ2) is 9.75. The quantitative estimate of drug-likeness (QED) is 0.450. The van der Waals surface area contributed by atoms with Crippen LogP contribution >= 0.6 is 11.3 Å². The van der Waals surface area contributed by atoms with Crippen LogP contribution in [0.25, 0.3) is 22.3 Å². The van der Waals surface area contributed by atoms with Crippen molar-refractivity contribution in [3.05, 3.63) is 64.7 Å². The van der Waals surface area contributed by atoms with Gasteiger partial charge in [0.25, 0.3) is 0 Å². The van der Waals surface area contributed by atoms with Gasteiger partial charge in [-0.2, -0.15) is 5.26 Å². The molecule has 0 saturated carbocycles. The average Bonchev–Trinajstić information content (AvgIpc) is 3.28. The highest BCUT2D eigenvalue weighted by Crippen LogP contribution is 2.30. The molecule has 5 rings (SSSR count). The van der Waals surface area contributed by atoms with E-state index >= 15 is 0 Å². The molecule has 0 amide bonds. The standard InChI is InChI=1S/C26H27N7S/c1-18-23(30-26(28-2)34-18)20-7-5-19(6-8-20)9-11-32-12-14-33(15-13-32)25-22(17-27)16-21-4-3-10-29-24(21)31-25/h3-8,10,16H,9,11-15H2,1-2H3,(H,28,30). The molecule has 1 aromatic carbocycles. The number of hydrogen-bond donors (Lipinski definition) is 1. The average molecular weight is 470 g/mol. The largest absolute Gasteiger partial charge is 0.365 e. The molecule has 0 aliphatic carbocycles. The predicted octanol–water partition coefficient (Wildman–Crippen LogP) is 4.34. The third-order valence-electron chi connectivity index (χ3n) is 6.32. The number of pyridine rings is 2. The Morgan fingerprint density at radius 3 is 2.59 bits per heavy atom. The van der Waals surface area contributed by atoms with Crippen molar-refractivity contribution in [1.82, 2.24) is 19.9 Å². The number of anilines is 2. The summed E-state index contributed by atoms with van der Waals surface area (Å²) in [5.74, 6) is 0.753. The number of nitrogens with one attached hydrogen (secondary N) is 1. The Morgan fingerprint density at radius 2 is 1.88 bits per heavy atom. The normalized spacial score (nSPS) is 14.3. The summed E-state index contributed by atoms with van der Waals surface area (Å²) in [6.45, 7) is 6.76. The fraction of sp³-hybridized carbons (Fsp3) is 0.308. The molecule has 34 heavy (non-hydrogen) atoms. The van der Waals surface area contributed by atoms with Crippen molar-refractivity contribution < 1.29 is 0 Å². The van der Waals surface area contributed by atoms with E-state index in [9.17, 15) is 5.26 Å². The Morgan fingerprint density at radius 1 is 1.09 bits per heavy atom. The molecule has 7 nitrogen and oxygen atoms in total. The topological polar surface area (TPSA) is 81.0 Å². The molecule has 1 aliphatic rings. The first-order chi connectivity index (χ1) is 16.6. The predicted molar refractivity (Wildman–Crippen MR) is 138 cm³/mol. The van der Waals surface area contributed by atoms with E-state index in [1.54, 1.807) is 17.5 Å². The van der Waals surface area contributed by atoms with Crippen LogP contribution in [0.4, 0.5) is 10.9 Å². The van der Waals surface area contributed by atoms with Crippen LogP contribution in [0.2, 0.25) is 0 Å². The lowest BCUT2D eigenvalue weighted by Gasteiger charge is -2.35. The molecule has 4 heterocycles. The Balaban J connectivity index is 1.18. The maximum atomic E-state index is 9.64. The number of benzene rings is 1. The summed E-state index contributed by atoms with van der Waals surface area (Å²) >= 11 is 1.69. The lowest BCUT2D eigenvalue weighted by molar-refractivity contribution is 0.260. The second-order valence-corrected chi connectivity index (χ2v) is 9.67. The van der Waals surface area contributed by atoms with Crippen LogP contribution in [0.1, 0.15) is 16.0 Å². The van der Waals surface area contributed by atoms with Gasteiger partial charge in [0.05, 0.1) is 11.3 Å². The molecule has 1 fully saturated rings. The zero-order valence-corrected chi connectivity index (χ0v) is 20.3. The van der Waals surface area contributed by atoms with Crippen molar-refractivity contribution in [2.45, 2.75) is 13.3 Å². The van der Waals surface area contributed by atoms with Crippen molar-refractivity contribution in [2.75, 3.05) is 50.0 Å². The fourth-order valence-corrected chi connectivity index (χ4v) is 5.18. The minimum absolute atomic E-state index is 0.617. The number of piperazine rings is 1. The van der Waals surface area contributed by atoms with E-state index in [1.807, 2.05) is 25.2 Å². The maximum absolute atomic E-state index is 9.64. The van der Waals surface area contributed by atoms with Gasteiger partial charge in [-0.15, -0.1) is 11.3 Å². The molecule has 0 bridgehead atoms. The highest BCUT2D eigenvalue weighted by atomic mass is 32.1. The number of aryl methyl sites for hydroxylation is 1. The molecule has 0 unspecified atom stereocenters. The molecular weight excluding hydrogens is 442 g/mol. The number of rotatable bonds is 6. The molecule has 0 radical (unpaired) electrons. The number of nitriles is 1. The minimum atomic E-state index is 0.617. The molecule has 3 aromatic heterocycles. The minimum Gasteiger partial charge on any atom is -0.365 e. The van der Waals surface area contributed by atoms with Gasteiger partial charge < -0.3 is 10.2 Å². The number of hydrogen-bond acceptors (Lipinski definition) is 8. The fourth-order valence-electron chi connectivity index (χ4n) is 4.39. The zero-order valence-electron chi connectivity index (χ0n) is 19.5. The van der Waals surface area contributed by atoms with E-state index in [0.29, 0.717) is 11.2 Å². The Kier molecular flexibility index (Phi) is 6.39. The first kappa shape index (κ1) is 22.3. The van der Waals surface area contributed by atoms with Gasteiger partial charge in [-0.05, 0) is 37.1 Å². The van der Waals surface area contributed by atoms with E-state index in [1.165, 1.54) is 16.0 Å². The molecule has 0 atom stereocenters.